The maximum absolute atomic E-state index is 8.88. The smallest absolute Gasteiger partial charge is 0.205 e. The van der Waals surface area contributed by atoms with Gasteiger partial charge in [0, 0.05) is 12.2 Å². The van der Waals surface area contributed by atoms with Gasteiger partial charge >= 0.3 is 0 Å². The molecule has 0 saturated heterocycles. The van der Waals surface area contributed by atoms with Crippen molar-refractivity contribution >= 4 is 0 Å². The molecular weight excluding hydrogens is 264 g/mol. The van der Waals surface area contributed by atoms with Crippen LogP contribution in [0.15, 0.2) is 48.5 Å². The van der Waals surface area contributed by atoms with Gasteiger partial charge in [0.25, 0.3) is 0 Å². The van der Waals surface area contributed by atoms with Gasteiger partial charge in [-0.15, -0.1) is 10.2 Å². The molecule has 3 aromatic rings. The molecule has 0 aliphatic heterocycles. The molecule has 0 radical (unpaired) electrons. The van der Waals surface area contributed by atoms with Gasteiger partial charge in [-0.05, 0) is 34.7 Å². The Labute approximate surface area is 122 Å². The number of aromatic nitrogens is 4. The molecule has 106 valence electrons. The standard InChI is InChI=1S/C16H16N4O/c21-11-3-4-12-7-9-13(10-8-12)14-5-1-2-6-15(14)16-17-19-20-18-16/h1-2,5-10,21H,3-4,11H2,(H,17,18,19,20). The summed E-state index contributed by atoms with van der Waals surface area (Å²) < 4.78 is 0. The van der Waals surface area contributed by atoms with E-state index in [4.69, 9.17) is 5.11 Å². The molecule has 2 aromatic carbocycles. The van der Waals surface area contributed by atoms with Crippen LogP contribution in [0.2, 0.25) is 0 Å². The Bertz CT molecular complexity index is 693. The van der Waals surface area contributed by atoms with E-state index in [1.165, 1.54) is 5.56 Å². The number of hydrogen-bond acceptors (Lipinski definition) is 4. The number of rotatable bonds is 5. The van der Waals surface area contributed by atoms with Gasteiger partial charge in [0.1, 0.15) is 0 Å². The second kappa shape index (κ2) is 6.28. The van der Waals surface area contributed by atoms with E-state index in [9.17, 15) is 0 Å². The van der Waals surface area contributed by atoms with Crippen LogP contribution in [-0.2, 0) is 6.42 Å². The summed E-state index contributed by atoms with van der Waals surface area (Å²) in [6, 6.07) is 16.4. The van der Waals surface area contributed by atoms with Crippen LogP contribution in [0.1, 0.15) is 12.0 Å². The van der Waals surface area contributed by atoms with Gasteiger partial charge in [-0.25, -0.2) is 0 Å². The highest BCUT2D eigenvalue weighted by molar-refractivity contribution is 5.80. The molecule has 21 heavy (non-hydrogen) atoms. The van der Waals surface area contributed by atoms with Crippen molar-refractivity contribution < 1.29 is 5.11 Å². The fourth-order valence-corrected chi connectivity index (χ4v) is 2.34. The highest BCUT2D eigenvalue weighted by Crippen LogP contribution is 2.29. The number of aliphatic hydroxyl groups excluding tert-OH is 1. The van der Waals surface area contributed by atoms with E-state index < -0.39 is 0 Å². The Morgan fingerprint density at radius 2 is 1.71 bits per heavy atom. The van der Waals surface area contributed by atoms with Gasteiger partial charge in [0.15, 0.2) is 0 Å². The average Bonchev–Trinajstić information content (AvgIpc) is 3.08. The van der Waals surface area contributed by atoms with E-state index in [0.717, 1.165) is 29.5 Å². The lowest BCUT2D eigenvalue weighted by molar-refractivity contribution is 0.288. The molecular formula is C16H16N4O. The third-order valence-corrected chi connectivity index (χ3v) is 3.40. The van der Waals surface area contributed by atoms with Gasteiger partial charge in [-0.2, -0.15) is 5.21 Å². The van der Waals surface area contributed by atoms with Crippen LogP contribution in [0.5, 0.6) is 0 Å². The van der Waals surface area contributed by atoms with Crippen LogP contribution in [-0.4, -0.2) is 32.3 Å². The van der Waals surface area contributed by atoms with E-state index in [0.29, 0.717) is 5.82 Å². The monoisotopic (exact) mass is 280 g/mol. The van der Waals surface area contributed by atoms with E-state index >= 15 is 0 Å². The number of tetrazole rings is 1. The minimum absolute atomic E-state index is 0.225. The number of aromatic amines is 1. The SMILES string of the molecule is OCCCc1ccc(-c2ccccc2-c2nn[nH]n2)cc1. The number of hydrogen-bond donors (Lipinski definition) is 2. The van der Waals surface area contributed by atoms with Gasteiger partial charge < -0.3 is 5.11 Å². The molecule has 0 atom stereocenters. The van der Waals surface area contributed by atoms with Crippen molar-refractivity contribution in [1.82, 2.24) is 20.6 Å². The van der Waals surface area contributed by atoms with Crippen molar-refractivity contribution in [3.63, 3.8) is 0 Å². The maximum atomic E-state index is 8.88. The van der Waals surface area contributed by atoms with Crippen LogP contribution in [0, 0.1) is 0 Å². The lowest BCUT2D eigenvalue weighted by Crippen LogP contribution is -1.90. The maximum Gasteiger partial charge on any atom is 0.205 e. The third kappa shape index (κ3) is 2.98. The van der Waals surface area contributed by atoms with Gasteiger partial charge in [0.05, 0.1) is 0 Å². The first-order chi connectivity index (χ1) is 10.4. The summed E-state index contributed by atoms with van der Waals surface area (Å²) in [6.07, 6.45) is 1.68. The topological polar surface area (TPSA) is 74.7 Å². The predicted molar refractivity (Wildman–Crippen MR) is 80.5 cm³/mol. The molecule has 5 heteroatoms. The zero-order valence-electron chi connectivity index (χ0n) is 11.5. The molecule has 0 unspecified atom stereocenters. The summed E-state index contributed by atoms with van der Waals surface area (Å²) in [7, 11) is 0. The van der Waals surface area contributed by atoms with E-state index in [2.05, 4.69) is 51.0 Å². The summed E-state index contributed by atoms with van der Waals surface area (Å²) in [5.41, 5.74) is 4.37. The number of nitrogens with one attached hydrogen (secondary N) is 1. The highest BCUT2D eigenvalue weighted by Gasteiger charge is 2.10. The number of aliphatic hydroxyl groups is 1. The Hall–Kier alpha value is -2.53. The van der Waals surface area contributed by atoms with Gasteiger partial charge in [-0.1, -0.05) is 48.5 Å². The zero-order chi connectivity index (χ0) is 14.5. The molecule has 0 bridgehead atoms. The van der Waals surface area contributed by atoms with Crippen molar-refractivity contribution in [2.45, 2.75) is 12.8 Å². The quantitative estimate of drug-likeness (QED) is 0.753. The highest BCUT2D eigenvalue weighted by atomic mass is 16.2. The molecule has 0 saturated carbocycles. The van der Waals surface area contributed by atoms with Crippen molar-refractivity contribution in [2.75, 3.05) is 6.61 Å². The van der Waals surface area contributed by atoms with Crippen LogP contribution >= 0.6 is 0 Å². The zero-order valence-corrected chi connectivity index (χ0v) is 11.5. The molecule has 0 aliphatic carbocycles. The summed E-state index contributed by atoms with van der Waals surface area (Å²) >= 11 is 0. The molecule has 1 heterocycles. The van der Waals surface area contributed by atoms with Crippen molar-refractivity contribution in [1.29, 1.82) is 0 Å². The van der Waals surface area contributed by atoms with Crippen molar-refractivity contribution in [3.8, 4) is 22.5 Å². The van der Waals surface area contributed by atoms with Crippen molar-refractivity contribution in [3.05, 3.63) is 54.1 Å². The van der Waals surface area contributed by atoms with Crippen LogP contribution in [0.4, 0.5) is 0 Å². The first kappa shape index (κ1) is 13.5. The van der Waals surface area contributed by atoms with E-state index in [1.807, 2.05) is 18.2 Å². The van der Waals surface area contributed by atoms with Gasteiger partial charge in [-0.3, -0.25) is 0 Å². The van der Waals surface area contributed by atoms with Crippen LogP contribution in [0.25, 0.3) is 22.5 Å². The molecule has 3 rings (SSSR count). The Morgan fingerprint density at radius 1 is 0.952 bits per heavy atom. The fraction of sp³-hybridized carbons (Fsp3) is 0.188. The Balaban J connectivity index is 1.94. The first-order valence-electron chi connectivity index (χ1n) is 6.91. The normalized spacial score (nSPS) is 10.7. The second-order valence-electron chi connectivity index (χ2n) is 4.81. The molecule has 2 N–H and O–H groups in total. The molecule has 0 aliphatic rings. The van der Waals surface area contributed by atoms with E-state index in [1.54, 1.807) is 0 Å². The predicted octanol–water partition coefficient (Wildman–Crippen LogP) is 2.46. The van der Waals surface area contributed by atoms with Gasteiger partial charge in [0.2, 0.25) is 5.82 Å². The lowest BCUT2D eigenvalue weighted by Gasteiger charge is -2.07. The first-order valence-corrected chi connectivity index (χ1v) is 6.91. The summed E-state index contributed by atoms with van der Waals surface area (Å²) in [5.74, 6) is 0.593. The van der Waals surface area contributed by atoms with Crippen molar-refractivity contribution in [2.24, 2.45) is 0 Å². The molecule has 1 aromatic heterocycles. The van der Waals surface area contributed by atoms with E-state index in [-0.39, 0.29) is 6.61 Å². The number of aryl methyl sites for hydroxylation is 1. The fourth-order valence-electron chi connectivity index (χ4n) is 2.34. The molecule has 5 nitrogen and oxygen atoms in total. The average molecular weight is 280 g/mol. The molecule has 0 amide bonds. The summed E-state index contributed by atoms with van der Waals surface area (Å²) in [4.78, 5) is 0. The number of nitrogens with zero attached hydrogens (tertiary/aromatic N) is 3. The lowest BCUT2D eigenvalue weighted by atomic mass is 9.97. The molecule has 0 spiro atoms. The summed E-state index contributed by atoms with van der Waals surface area (Å²) in [5, 5.41) is 23.1. The minimum Gasteiger partial charge on any atom is -0.396 e. The molecule has 0 fully saturated rings. The summed E-state index contributed by atoms with van der Waals surface area (Å²) in [6.45, 7) is 0.225. The Morgan fingerprint density at radius 3 is 2.38 bits per heavy atom. The van der Waals surface area contributed by atoms with Crippen LogP contribution < -0.4 is 0 Å². The number of H-pyrrole nitrogens is 1. The largest absolute Gasteiger partial charge is 0.396 e. The third-order valence-electron chi connectivity index (χ3n) is 3.40. The second-order valence-corrected chi connectivity index (χ2v) is 4.81. The minimum atomic E-state index is 0.225. The number of benzene rings is 2. The Kier molecular flexibility index (Phi) is 4.02. The van der Waals surface area contributed by atoms with Crippen LogP contribution in [0.3, 0.4) is 0 Å².